The molecular weight excluding hydrogens is 347 g/mol. The number of halogens is 1. The second kappa shape index (κ2) is 6.95. The zero-order chi connectivity index (χ0) is 19.8. The van der Waals surface area contributed by atoms with Crippen LogP contribution in [-0.2, 0) is 10.3 Å². The summed E-state index contributed by atoms with van der Waals surface area (Å²) in [5.74, 6) is -1.21. The van der Waals surface area contributed by atoms with Gasteiger partial charge in [0.15, 0.2) is 5.78 Å². The molecule has 0 aromatic heterocycles. The average molecular weight is 368 g/mol. The van der Waals surface area contributed by atoms with E-state index in [1.807, 2.05) is 24.3 Å². The molecule has 0 unspecified atom stereocenters. The maximum atomic E-state index is 13.3. The van der Waals surface area contributed by atoms with Crippen molar-refractivity contribution in [2.75, 3.05) is 6.54 Å². The Labute approximate surface area is 157 Å². The first-order valence-corrected chi connectivity index (χ1v) is 8.75. The number of nitrogens with one attached hydrogen (secondary N) is 1. The van der Waals surface area contributed by atoms with E-state index in [1.165, 1.54) is 18.2 Å². The van der Waals surface area contributed by atoms with Crippen molar-refractivity contribution >= 4 is 17.7 Å². The summed E-state index contributed by atoms with van der Waals surface area (Å²) < 4.78 is 13.3. The Bertz CT molecular complexity index is 908. The standard InChI is InChI=1S/C21H21FN2O3/c1-13(2)14-7-9-16(10-8-14)21(3)19(26)24(20(27)23-21)12-18(25)15-5-4-6-17(22)11-15/h4-11,13H,12H2,1-3H3,(H,23,27)/t21-/m1/s1. The van der Waals surface area contributed by atoms with Gasteiger partial charge in [-0.05, 0) is 36.1 Å². The molecule has 0 bridgehead atoms. The molecule has 3 amide bonds. The van der Waals surface area contributed by atoms with Crippen LogP contribution in [0.15, 0.2) is 48.5 Å². The van der Waals surface area contributed by atoms with E-state index in [0.29, 0.717) is 11.5 Å². The van der Waals surface area contributed by atoms with Crippen molar-refractivity contribution in [1.82, 2.24) is 10.2 Å². The molecule has 1 N–H and O–H groups in total. The lowest BCUT2D eigenvalue weighted by atomic mass is 9.90. The third-order valence-corrected chi connectivity index (χ3v) is 4.88. The van der Waals surface area contributed by atoms with Crippen molar-refractivity contribution in [2.24, 2.45) is 0 Å². The molecule has 2 aromatic rings. The molecule has 2 aromatic carbocycles. The highest BCUT2D eigenvalue weighted by Gasteiger charge is 2.49. The number of urea groups is 1. The minimum Gasteiger partial charge on any atom is -0.319 e. The predicted molar refractivity (Wildman–Crippen MR) is 98.9 cm³/mol. The van der Waals surface area contributed by atoms with Crippen LogP contribution in [0.2, 0.25) is 0 Å². The quantitative estimate of drug-likeness (QED) is 0.648. The summed E-state index contributed by atoms with van der Waals surface area (Å²) in [6.45, 7) is 5.32. The Balaban J connectivity index is 1.82. The monoisotopic (exact) mass is 368 g/mol. The number of ketones is 1. The van der Waals surface area contributed by atoms with E-state index in [9.17, 15) is 18.8 Å². The molecule has 6 heteroatoms. The average Bonchev–Trinajstić information content (AvgIpc) is 2.86. The van der Waals surface area contributed by atoms with E-state index in [4.69, 9.17) is 0 Å². The van der Waals surface area contributed by atoms with Gasteiger partial charge >= 0.3 is 6.03 Å². The number of amides is 3. The Morgan fingerprint density at radius 2 is 1.81 bits per heavy atom. The highest BCUT2D eigenvalue weighted by atomic mass is 19.1. The SMILES string of the molecule is CC(C)c1ccc([C@@]2(C)NC(=O)N(CC(=O)c3cccc(F)c3)C2=O)cc1. The molecule has 140 valence electrons. The molecule has 27 heavy (non-hydrogen) atoms. The molecule has 1 atom stereocenters. The van der Waals surface area contributed by atoms with Gasteiger partial charge in [0.1, 0.15) is 11.4 Å². The first kappa shape index (κ1) is 18.8. The minimum absolute atomic E-state index is 0.116. The summed E-state index contributed by atoms with van der Waals surface area (Å²) in [5.41, 5.74) is 0.642. The van der Waals surface area contributed by atoms with Gasteiger partial charge in [0, 0.05) is 5.56 Å². The number of hydrogen-bond donors (Lipinski definition) is 1. The topological polar surface area (TPSA) is 66.5 Å². The molecular formula is C21H21FN2O3. The third-order valence-electron chi connectivity index (χ3n) is 4.88. The molecule has 1 aliphatic heterocycles. The molecule has 0 aliphatic carbocycles. The van der Waals surface area contributed by atoms with Gasteiger partial charge in [-0.15, -0.1) is 0 Å². The summed E-state index contributed by atoms with van der Waals surface area (Å²) in [5, 5.41) is 2.67. The molecule has 1 aliphatic rings. The largest absolute Gasteiger partial charge is 0.325 e. The molecule has 0 saturated carbocycles. The van der Waals surface area contributed by atoms with Gasteiger partial charge in [0.05, 0.1) is 6.54 Å². The molecule has 1 saturated heterocycles. The minimum atomic E-state index is -1.24. The van der Waals surface area contributed by atoms with Crippen molar-refractivity contribution in [3.63, 3.8) is 0 Å². The number of benzene rings is 2. The summed E-state index contributed by atoms with van der Waals surface area (Å²) in [6.07, 6.45) is 0. The first-order valence-electron chi connectivity index (χ1n) is 8.75. The van der Waals surface area contributed by atoms with Gasteiger partial charge in [0.25, 0.3) is 5.91 Å². The van der Waals surface area contributed by atoms with Crippen molar-refractivity contribution in [3.8, 4) is 0 Å². The fraction of sp³-hybridized carbons (Fsp3) is 0.286. The molecule has 3 rings (SSSR count). The fourth-order valence-corrected chi connectivity index (χ4v) is 3.13. The fourth-order valence-electron chi connectivity index (χ4n) is 3.13. The van der Waals surface area contributed by atoms with Crippen molar-refractivity contribution in [1.29, 1.82) is 0 Å². The lowest BCUT2D eigenvalue weighted by molar-refractivity contribution is -0.130. The summed E-state index contributed by atoms with van der Waals surface area (Å²) in [4.78, 5) is 38.5. The van der Waals surface area contributed by atoms with E-state index < -0.39 is 35.6 Å². The molecule has 0 spiro atoms. The smallest absolute Gasteiger partial charge is 0.319 e. The van der Waals surface area contributed by atoms with Crippen molar-refractivity contribution < 1.29 is 18.8 Å². The van der Waals surface area contributed by atoms with Crippen LogP contribution in [0, 0.1) is 5.82 Å². The number of imide groups is 1. The number of hydrogen-bond acceptors (Lipinski definition) is 3. The highest BCUT2D eigenvalue weighted by molar-refractivity contribution is 6.11. The first-order chi connectivity index (χ1) is 12.7. The maximum absolute atomic E-state index is 13.3. The van der Waals surface area contributed by atoms with Crippen molar-refractivity contribution in [3.05, 3.63) is 71.0 Å². The predicted octanol–water partition coefficient (Wildman–Crippen LogP) is 3.60. The lowest BCUT2D eigenvalue weighted by Gasteiger charge is -2.22. The maximum Gasteiger partial charge on any atom is 0.325 e. The van der Waals surface area contributed by atoms with Crippen LogP contribution >= 0.6 is 0 Å². The normalized spacial score (nSPS) is 19.5. The molecule has 1 fully saturated rings. The Morgan fingerprint density at radius 3 is 2.41 bits per heavy atom. The zero-order valence-electron chi connectivity index (χ0n) is 15.5. The van der Waals surface area contributed by atoms with E-state index in [2.05, 4.69) is 19.2 Å². The number of Topliss-reactive ketones (excluding diaryl/α,β-unsaturated/α-hetero) is 1. The Kier molecular flexibility index (Phi) is 4.83. The summed E-state index contributed by atoms with van der Waals surface area (Å²) in [6, 6.07) is 12.0. The summed E-state index contributed by atoms with van der Waals surface area (Å²) in [7, 11) is 0. The van der Waals surface area contributed by atoms with Crippen LogP contribution < -0.4 is 5.32 Å². The Hall–Kier alpha value is -3.02. The van der Waals surface area contributed by atoms with Gasteiger partial charge in [-0.1, -0.05) is 50.2 Å². The molecule has 0 radical (unpaired) electrons. The second-order valence-corrected chi connectivity index (χ2v) is 7.16. The van der Waals surface area contributed by atoms with E-state index >= 15 is 0 Å². The van der Waals surface area contributed by atoms with Crippen LogP contribution in [0.4, 0.5) is 9.18 Å². The number of nitrogens with zero attached hydrogens (tertiary/aromatic N) is 1. The number of carbonyl (C=O) groups is 3. The lowest BCUT2D eigenvalue weighted by Crippen LogP contribution is -2.41. The Morgan fingerprint density at radius 1 is 1.15 bits per heavy atom. The van der Waals surface area contributed by atoms with Crippen LogP contribution in [-0.4, -0.2) is 29.2 Å². The molecule has 5 nitrogen and oxygen atoms in total. The number of rotatable bonds is 5. The van der Waals surface area contributed by atoms with Gasteiger partial charge in [-0.2, -0.15) is 0 Å². The summed E-state index contributed by atoms with van der Waals surface area (Å²) >= 11 is 0. The van der Waals surface area contributed by atoms with Crippen LogP contribution in [0.25, 0.3) is 0 Å². The third kappa shape index (κ3) is 3.47. The van der Waals surface area contributed by atoms with Gasteiger partial charge < -0.3 is 5.32 Å². The van der Waals surface area contributed by atoms with Crippen LogP contribution in [0.5, 0.6) is 0 Å². The van der Waals surface area contributed by atoms with Crippen LogP contribution in [0.3, 0.4) is 0 Å². The molecule has 1 heterocycles. The van der Waals surface area contributed by atoms with Gasteiger partial charge in [-0.3, -0.25) is 14.5 Å². The van der Waals surface area contributed by atoms with E-state index in [1.54, 1.807) is 6.92 Å². The van der Waals surface area contributed by atoms with Crippen LogP contribution in [0.1, 0.15) is 48.2 Å². The highest BCUT2D eigenvalue weighted by Crippen LogP contribution is 2.30. The van der Waals surface area contributed by atoms with Gasteiger partial charge in [-0.25, -0.2) is 9.18 Å². The van der Waals surface area contributed by atoms with E-state index in [0.717, 1.165) is 16.5 Å². The van der Waals surface area contributed by atoms with E-state index in [-0.39, 0.29) is 5.56 Å². The zero-order valence-corrected chi connectivity index (χ0v) is 15.5. The number of carbonyl (C=O) groups excluding carboxylic acids is 3. The van der Waals surface area contributed by atoms with Crippen molar-refractivity contribution in [2.45, 2.75) is 32.2 Å². The van der Waals surface area contributed by atoms with Gasteiger partial charge in [0.2, 0.25) is 0 Å². The second-order valence-electron chi connectivity index (χ2n) is 7.16.